The fourth-order valence-electron chi connectivity index (χ4n) is 3.49. The van der Waals surface area contributed by atoms with E-state index >= 15 is 0 Å². The highest BCUT2D eigenvalue weighted by Crippen LogP contribution is 2.30. The molecule has 6 heteroatoms. The van der Waals surface area contributed by atoms with Crippen molar-refractivity contribution in [2.24, 2.45) is 0 Å². The predicted octanol–water partition coefficient (Wildman–Crippen LogP) is 5.51. The van der Waals surface area contributed by atoms with Crippen LogP contribution in [-0.2, 0) is 6.54 Å². The molecular weight excluding hydrogens is 404 g/mol. The maximum Gasteiger partial charge on any atom is 0.260 e. The molecule has 0 saturated heterocycles. The molecule has 152 valence electrons. The zero-order valence-electron chi connectivity index (χ0n) is 16.8. The Bertz CT molecular complexity index is 1260. The first-order chi connectivity index (χ1) is 15.3. The minimum absolute atomic E-state index is 0.0641. The number of benzene rings is 3. The third-order valence-electron chi connectivity index (χ3n) is 5.11. The quantitative estimate of drug-likeness (QED) is 0.361. The second-order valence-electron chi connectivity index (χ2n) is 7.13. The molecule has 0 atom stereocenters. The van der Waals surface area contributed by atoms with Gasteiger partial charge >= 0.3 is 0 Å². The maximum atomic E-state index is 13.5. The van der Waals surface area contributed by atoms with Crippen LogP contribution in [0.4, 0.5) is 5.13 Å². The average molecular weight is 425 g/mol. The molecule has 1 amide bonds. The number of para-hydroxylation sites is 1. The van der Waals surface area contributed by atoms with Gasteiger partial charge in [-0.2, -0.15) is 5.10 Å². The molecule has 5 aromatic rings. The van der Waals surface area contributed by atoms with Gasteiger partial charge in [-0.1, -0.05) is 65.9 Å². The van der Waals surface area contributed by atoms with Crippen molar-refractivity contribution in [3.63, 3.8) is 0 Å². The van der Waals surface area contributed by atoms with E-state index in [1.165, 1.54) is 11.3 Å². The van der Waals surface area contributed by atoms with E-state index in [1.807, 2.05) is 83.7 Å². The summed E-state index contributed by atoms with van der Waals surface area (Å²) < 4.78 is 2.89. The molecule has 0 saturated carbocycles. The van der Waals surface area contributed by atoms with Crippen LogP contribution in [0.5, 0.6) is 0 Å². The molecular formula is C25H20N4OS. The predicted molar refractivity (Wildman–Crippen MR) is 125 cm³/mol. The summed E-state index contributed by atoms with van der Waals surface area (Å²) in [6.45, 7) is 1.08. The minimum Gasteiger partial charge on any atom is -0.282 e. The van der Waals surface area contributed by atoms with Crippen LogP contribution >= 0.6 is 11.3 Å². The monoisotopic (exact) mass is 424 g/mol. The second-order valence-corrected chi connectivity index (χ2v) is 8.14. The first-order valence-electron chi connectivity index (χ1n) is 10.1. The van der Waals surface area contributed by atoms with Gasteiger partial charge in [-0.05, 0) is 41.5 Å². The van der Waals surface area contributed by atoms with Crippen molar-refractivity contribution >= 4 is 32.6 Å². The molecule has 0 aliphatic heterocycles. The van der Waals surface area contributed by atoms with E-state index in [4.69, 9.17) is 4.98 Å². The highest BCUT2D eigenvalue weighted by molar-refractivity contribution is 7.22. The van der Waals surface area contributed by atoms with Crippen LogP contribution in [0.25, 0.3) is 21.3 Å². The molecule has 0 bridgehead atoms. The largest absolute Gasteiger partial charge is 0.282 e. The van der Waals surface area contributed by atoms with Crippen molar-refractivity contribution in [2.45, 2.75) is 6.54 Å². The third-order valence-corrected chi connectivity index (χ3v) is 6.17. The van der Waals surface area contributed by atoms with Crippen LogP contribution in [0, 0.1) is 0 Å². The number of carbonyl (C=O) groups is 1. The molecule has 2 aromatic heterocycles. The summed E-state index contributed by atoms with van der Waals surface area (Å²) in [5.74, 6) is -0.0641. The standard InChI is InChI=1S/C25H20N4OS/c30-24(21-13-11-20(12-14-21)19-7-2-1-3-8-19)29(18-17-28-16-6-15-26-28)25-27-22-9-4-5-10-23(22)31-25/h1-16H,17-18H2. The van der Waals surface area contributed by atoms with Crippen LogP contribution in [0.2, 0.25) is 0 Å². The molecule has 2 heterocycles. The minimum atomic E-state index is -0.0641. The maximum absolute atomic E-state index is 13.5. The van der Waals surface area contributed by atoms with Crippen molar-refractivity contribution in [3.8, 4) is 11.1 Å². The summed E-state index contributed by atoms with van der Waals surface area (Å²) in [5, 5.41) is 4.96. The lowest BCUT2D eigenvalue weighted by Crippen LogP contribution is -2.34. The summed E-state index contributed by atoms with van der Waals surface area (Å²) in [7, 11) is 0. The molecule has 31 heavy (non-hydrogen) atoms. The van der Waals surface area contributed by atoms with Gasteiger partial charge in [-0.3, -0.25) is 14.4 Å². The van der Waals surface area contributed by atoms with E-state index in [-0.39, 0.29) is 5.91 Å². The van der Waals surface area contributed by atoms with Crippen LogP contribution in [-0.4, -0.2) is 27.2 Å². The zero-order valence-corrected chi connectivity index (χ0v) is 17.6. The lowest BCUT2D eigenvalue weighted by atomic mass is 10.0. The number of nitrogens with zero attached hydrogens (tertiary/aromatic N) is 4. The Balaban J connectivity index is 1.45. The number of carbonyl (C=O) groups excluding carboxylic acids is 1. The van der Waals surface area contributed by atoms with Crippen LogP contribution < -0.4 is 4.90 Å². The number of thiazole rings is 1. The highest BCUT2D eigenvalue weighted by Gasteiger charge is 2.21. The SMILES string of the molecule is O=C(c1ccc(-c2ccccc2)cc1)N(CCn1cccn1)c1nc2ccccc2s1. The van der Waals surface area contributed by atoms with E-state index < -0.39 is 0 Å². The molecule has 0 aliphatic carbocycles. The third kappa shape index (κ3) is 4.11. The Morgan fingerprint density at radius 3 is 2.35 bits per heavy atom. The molecule has 3 aromatic carbocycles. The van der Waals surface area contributed by atoms with E-state index in [9.17, 15) is 4.79 Å². The molecule has 5 rings (SSSR count). The number of amides is 1. The smallest absolute Gasteiger partial charge is 0.260 e. The first-order valence-corrected chi connectivity index (χ1v) is 10.9. The molecule has 0 radical (unpaired) electrons. The molecule has 5 nitrogen and oxygen atoms in total. The lowest BCUT2D eigenvalue weighted by Gasteiger charge is -2.20. The fraction of sp³-hybridized carbons (Fsp3) is 0.0800. The summed E-state index contributed by atoms with van der Waals surface area (Å²) >= 11 is 1.53. The van der Waals surface area contributed by atoms with Gasteiger partial charge in [-0.15, -0.1) is 0 Å². The summed E-state index contributed by atoms with van der Waals surface area (Å²) in [5.41, 5.74) is 3.75. The molecule has 0 fully saturated rings. The van der Waals surface area contributed by atoms with Crippen molar-refractivity contribution < 1.29 is 4.79 Å². The van der Waals surface area contributed by atoms with Crippen LogP contribution in [0.3, 0.4) is 0 Å². The Morgan fingerprint density at radius 2 is 1.61 bits per heavy atom. The van der Waals surface area contributed by atoms with E-state index in [0.717, 1.165) is 21.3 Å². The molecule has 0 spiro atoms. The van der Waals surface area contributed by atoms with Crippen LogP contribution in [0.15, 0.2) is 97.3 Å². The zero-order chi connectivity index (χ0) is 21.0. The number of aromatic nitrogens is 3. The first kappa shape index (κ1) is 19.2. The Labute approximate surface area is 184 Å². The highest BCUT2D eigenvalue weighted by atomic mass is 32.1. The summed E-state index contributed by atoms with van der Waals surface area (Å²) in [6.07, 6.45) is 3.64. The normalized spacial score (nSPS) is 11.0. The molecule has 0 unspecified atom stereocenters. The van der Waals surface area contributed by atoms with E-state index in [1.54, 1.807) is 11.1 Å². The average Bonchev–Trinajstić information content (AvgIpc) is 3.50. The van der Waals surface area contributed by atoms with E-state index in [0.29, 0.717) is 23.8 Å². The Morgan fingerprint density at radius 1 is 0.871 bits per heavy atom. The van der Waals surface area contributed by atoms with Crippen molar-refractivity contribution in [3.05, 3.63) is 103 Å². The summed E-state index contributed by atoms with van der Waals surface area (Å²) in [6, 6.07) is 27.7. The Kier molecular flexibility index (Phi) is 5.29. The van der Waals surface area contributed by atoms with Gasteiger partial charge in [-0.25, -0.2) is 4.98 Å². The Hall–Kier alpha value is -3.77. The topological polar surface area (TPSA) is 51.0 Å². The van der Waals surface area contributed by atoms with Gasteiger partial charge in [0, 0.05) is 24.5 Å². The van der Waals surface area contributed by atoms with Crippen molar-refractivity contribution in [1.82, 2.24) is 14.8 Å². The van der Waals surface area contributed by atoms with Crippen molar-refractivity contribution in [1.29, 1.82) is 0 Å². The fourth-order valence-corrected chi connectivity index (χ4v) is 4.48. The molecule has 0 aliphatic rings. The van der Waals surface area contributed by atoms with Gasteiger partial charge < -0.3 is 0 Å². The second kappa shape index (κ2) is 8.53. The van der Waals surface area contributed by atoms with Gasteiger partial charge in [0.2, 0.25) is 0 Å². The van der Waals surface area contributed by atoms with Gasteiger partial charge in [0.1, 0.15) is 0 Å². The van der Waals surface area contributed by atoms with Gasteiger partial charge in [0.05, 0.1) is 16.8 Å². The van der Waals surface area contributed by atoms with Crippen LogP contribution in [0.1, 0.15) is 10.4 Å². The lowest BCUT2D eigenvalue weighted by molar-refractivity contribution is 0.0986. The van der Waals surface area contributed by atoms with E-state index in [2.05, 4.69) is 17.2 Å². The summed E-state index contributed by atoms with van der Waals surface area (Å²) in [4.78, 5) is 20.0. The number of hydrogen-bond donors (Lipinski definition) is 0. The number of anilines is 1. The number of fused-ring (bicyclic) bond motifs is 1. The number of rotatable bonds is 6. The van der Waals surface area contributed by atoms with Gasteiger partial charge in [0.25, 0.3) is 5.91 Å². The molecule has 0 N–H and O–H groups in total. The van der Waals surface area contributed by atoms with Gasteiger partial charge in [0.15, 0.2) is 5.13 Å². The van der Waals surface area contributed by atoms with Crippen molar-refractivity contribution in [2.75, 3.05) is 11.4 Å². The number of hydrogen-bond acceptors (Lipinski definition) is 4.